The third kappa shape index (κ3) is 3.55. The van der Waals surface area contributed by atoms with Gasteiger partial charge in [0, 0.05) is 5.75 Å². The Labute approximate surface area is 112 Å². The number of rotatable bonds is 3. The number of thioether (sulfide) groups is 1. The zero-order chi connectivity index (χ0) is 13.2. The highest BCUT2D eigenvalue weighted by Gasteiger charge is 2.35. The fraction of sp³-hybridized carbons (Fsp3) is 0.500. The van der Waals surface area contributed by atoms with Crippen LogP contribution in [-0.2, 0) is 14.9 Å². The Kier molecular flexibility index (Phi) is 4.77. The molecule has 1 rings (SSSR count). The number of hydrogen-bond acceptors (Lipinski definition) is 7. The van der Waals surface area contributed by atoms with Crippen LogP contribution in [0.4, 0.5) is 4.79 Å². The highest BCUT2D eigenvalue weighted by atomic mass is 32.2. The average molecular weight is 316 g/mol. The van der Waals surface area contributed by atoms with Gasteiger partial charge in [0.05, 0.1) is 5.75 Å². The lowest BCUT2D eigenvalue weighted by Gasteiger charge is -2.18. The second-order valence-corrected chi connectivity index (χ2v) is 6.49. The number of carbonyl (C=O) groups excluding carboxylic acids is 2. The highest BCUT2D eigenvalue weighted by Crippen LogP contribution is 2.19. The first kappa shape index (κ1) is 14.7. The molecule has 11 heteroatoms. The Morgan fingerprint density at radius 2 is 2.29 bits per heavy atom. The monoisotopic (exact) mass is 316 g/mol. The quantitative estimate of drug-likeness (QED) is 0.373. The zero-order valence-corrected chi connectivity index (χ0v) is 11.5. The first-order valence-electron chi connectivity index (χ1n) is 4.14. The highest BCUT2D eigenvalue weighted by molar-refractivity contribution is 8.24. The van der Waals surface area contributed by atoms with Crippen LogP contribution >= 0.6 is 36.6 Å². The van der Waals surface area contributed by atoms with Gasteiger partial charge in [0.25, 0.3) is 10.1 Å². The smallest absolute Gasteiger partial charge is 0.318 e. The minimum atomic E-state index is -4.47. The third-order valence-electron chi connectivity index (χ3n) is 1.76. The van der Waals surface area contributed by atoms with Crippen molar-refractivity contribution in [1.29, 1.82) is 0 Å². The summed E-state index contributed by atoms with van der Waals surface area (Å²) in [6.45, 7) is 0. The number of hydrogen-bond donors (Lipinski definition) is 3. The average Bonchev–Trinajstić information content (AvgIpc) is 2.53. The molecule has 2 N–H and O–H groups in total. The molecule has 1 aliphatic rings. The third-order valence-corrected chi connectivity index (χ3v) is 4.74. The van der Waals surface area contributed by atoms with Gasteiger partial charge >= 0.3 is 6.03 Å². The first-order valence-corrected chi connectivity index (χ1v) is 7.67. The van der Waals surface area contributed by atoms with Gasteiger partial charge in [-0.1, -0.05) is 24.0 Å². The molecule has 0 aromatic heterocycles. The Bertz CT molecular complexity index is 445. The summed E-state index contributed by atoms with van der Waals surface area (Å²) in [7, 11) is -4.47. The molecular formula is C6H8N2O5S4. The number of urea groups is 1. The van der Waals surface area contributed by atoms with Crippen molar-refractivity contribution in [3.8, 4) is 0 Å². The predicted octanol–water partition coefficient (Wildman–Crippen LogP) is -0.300. The van der Waals surface area contributed by atoms with Crippen LogP contribution in [0.2, 0.25) is 0 Å². The van der Waals surface area contributed by atoms with Crippen molar-refractivity contribution >= 4 is 63.0 Å². The molecule has 0 radical (unpaired) electrons. The maximum Gasteiger partial charge on any atom is 0.331 e. The molecule has 96 valence electrons. The summed E-state index contributed by atoms with van der Waals surface area (Å²) in [6, 6.07) is -0.985. The second kappa shape index (κ2) is 5.52. The zero-order valence-electron chi connectivity index (χ0n) is 8.19. The van der Waals surface area contributed by atoms with Gasteiger partial charge in [0.1, 0.15) is 0 Å². The molecule has 0 aliphatic carbocycles. The molecule has 1 heterocycles. The van der Waals surface area contributed by atoms with Crippen molar-refractivity contribution in [3.05, 3.63) is 0 Å². The number of nitrogens with one attached hydrogen (secondary N) is 1. The van der Waals surface area contributed by atoms with E-state index in [-0.39, 0.29) is 15.8 Å². The Hall–Kier alpha value is -0.360. The predicted molar refractivity (Wildman–Crippen MR) is 69.6 cm³/mol. The van der Waals surface area contributed by atoms with E-state index >= 15 is 0 Å². The minimum Gasteiger partial charge on any atom is -0.318 e. The van der Waals surface area contributed by atoms with E-state index in [4.69, 9.17) is 16.8 Å². The van der Waals surface area contributed by atoms with Gasteiger partial charge in [-0.3, -0.25) is 9.35 Å². The number of thiol groups is 1. The lowest BCUT2D eigenvalue weighted by molar-refractivity contribution is -0.122. The molecular weight excluding hydrogens is 308 g/mol. The maximum atomic E-state index is 11.6. The molecule has 0 aromatic carbocycles. The molecule has 1 fully saturated rings. The van der Waals surface area contributed by atoms with Gasteiger partial charge in [-0.2, -0.15) is 21.0 Å². The van der Waals surface area contributed by atoms with Gasteiger partial charge in [-0.15, -0.1) is 0 Å². The van der Waals surface area contributed by atoms with Gasteiger partial charge in [0.15, 0.2) is 9.69 Å². The molecule has 0 spiro atoms. The molecule has 7 nitrogen and oxygen atoms in total. The fourth-order valence-electron chi connectivity index (χ4n) is 0.967. The summed E-state index contributed by atoms with van der Waals surface area (Å²) < 4.78 is 30.5. The van der Waals surface area contributed by atoms with Crippen LogP contribution < -0.4 is 5.32 Å². The van der Waals surface area contributed by atoms with Gasteiger partial charge < -0.3 is 5.32 Å². The lowest BCUT2D eigenvalue weighted by atomic mass is 10.6. The van der Waals surface area contributed by atoms with Crippen molar-refractivity contribution in [3.63, 3.8) is 0 Å². The van der Waals surface area contributed by atoms with Crippen molar-refractivity contribution in [1.82, 2.24) is 10.2 Å². The number of nitrogens with zero attached hydrogens (tertiary/aromatic N) is 1. The van der Waals surface area contributed by atoms with E-state index in [0.717, 1.165) is 11.8 Å². The van der Waals surface area contributed by atoms with Crippen LogP contribution in [0.1, 0.15) is 0 Å². The standard InChI is InChI=1S/C6H8N2O5S4/c9-4-2-16-6(15)8(4)5(10)7-3(1-14)17(11,12)13/h3,14H,1-2H2,(H,7,10)(H,11,12,13). The van der Waals surface area contributed by atoms with Crippen LogP contribution in [0.25, 0.3) is 0 Å². The SMILES string of the molecule is O=C1CSC(=S)N1C(=O)NC(CS)S(=O)(=O)O. The van der Waals surface area contributed by atoms with Gasteiger partial charge in [-0.25, -0.2) is 9.69 Å². The molecule has 3 amide bonds. The van der Waals surface area contributed by atoms with Crippen molar-refractivity contribution in [2.45, 2.75) is 5.37 Å². The van der Waals surface area contributed by atoms with Crippen LogP contribution in [0, 0.1) is 0 Å². The molecule has 17 heavy (non-hydrogen) atoms. The van der Waals surface area contributed by atoms with E-state index in [9.17, 15) is 18.0 Å². The minimum absolute atomic E-state index is 0.0314. The molecule has 0 bridgehead atoms. The summed E-state index contributed by atoms with van der Waals surface area (Å²) in [6.07, 6.45) is 0. The van der Waals surface area contributed by atoms with Crippen molar-refractivity contribution in [2.24, 2.45) is 0 Å². The number of amides is 3. The van der Waals surface area contributed by atoms with E-state index < -0.39 is 27.4 Å². The van der Waals surface area contributed by atoms with Gasteiger partial charge in [-0.05, 0) is 0 Å². The molecule has 0 saturated carbocycles. The largest absolute Gasteiger partial charge is 0.331 e. The van der Waals surface area contributed by atoms with E-state index in [1.807, 2.05) is 5.32 Å². The Morgan fingerprint density at radius 3 is 2.65 bits per heavy atom. The van der Waals surface area contributed by atoms with Crippen LogP contribution in [-0.4, -0.2) is 51.0 Å². The fourth-order valence-corrected chi connectivity index (χ4v) is 3.11. The second-order valence-electron chi connectivity index (χ2n) is 2.92. The van der Waals surface area contributed by atoms with Crippen LogP contribution in [0.5, 0.6) is 0 Å². The molecule has 1 saturated heterocycles. The van der Waals surface area contributed by atoms with Crippen LogP contribution in [0.15, 0.2) is 0 Å². The number of carbonyl (C=O) groups is 2. The van der Waals surface area contributed by atoms with Gasteiger partial charge in [0.2, 0.25) is 5.91 Å². The first-order chi connectivity index (χ1) is 7.77. The number of thiocarbonyl (C=S) groups is 1. The summed E-state index contributed by atoms with van der Waals surface area (Å²) >= 11 is 9.43. The topological polar surface area (TPSA) is 104 Å². The summed E-state index contributed by atoms with van der Waals surface area (Å²) in [5.41, 5.74) is 0. The summed E-state index contributed by atoms with van der Waals surface area (Å²) in [4.78, 5) is 23.5. The maximum absolute atomic E-state index is 11.6. The van der Waals surface area contributed by atoms with Crippen LogP contribution in [0.3, 0.4) is 0 Å². The van der Waals surface area contributed by atoms with Crippen molar-refractivity contribution < 1.29 is 22.6 Å². The van der Waals surface area contributed by atoms with E-state index in [1.54, 1.807) is 0 Å². The summed E-state index contributed by atoms with van der Waals surface area (Å²) in [5.74, 6) is -0.832. The normalized spacial score (nSPS) is 18.4. The molecule has 0 aromatic rings. The van der Waals surface area contributed by atoms with E-state index in [2.05, 4.69) is 12.6 Å². The summed E-state index contributed by atoms with van der Waals surface area (Å²) in [5, 5.41) is 0.377. The Morgan fingerprint density at radius 1 is 1.71 bits per heavy atom. The molecule has 1 unspecified atom stereocenters. The number of imide groups is 1. The molecule has 1 atom stereocenters. The molecule has 1 aliphatic heterocycles. The lowest BCUT2D eigenvalue weighted by Crippen LogP contribution is -2.50. The van der Waals surface area contributed by atoms with E-state index in [0.29, 0.717) is 4.90 Å². The Balaban J connectivity index is 2.78. The van der Waals surface area contributed by atoms with E-state index in [1.165, 1.54) is 0 Å². The van der Waals surface area contributed by atoms with Crippen molar-refractivity contribution in [2.75, 3.05) is 11.5 Å².